The topological polar surface area (TPSA) is 63.4 Å². The van der Waals surface area contributed by atoms with Gasteiger partial charge in [-0.05, 0) is 48.3 Å². The van der Waals surface area contributed by atoms with Crippen molar-refractivity contribution >= 4 is 23.2 Å². The first-order valence-electron chi connectivity index (χ1n) is 9.24. The fraction of sp³-hybridized carbons (Fsp3) is 0.429. The lowest BCUT2D eigenvalue weighted by Crippen LogP contribution is -2.53. The highest BCUT2D eigenvalue weighted by atomic mass is 32.1. The van der Waals surface area contributed by atoms with Gasteiger partial charge in [-0.25, -0.2) is 0 Å². The van der Waals surface area contributed by atoms with Gasteiger partial charge in [0.2, 0.25) is 11.8 Å². The Kier molecular flexibility index (Phi) is 5.77. The van der Waals surface area contributed by atoms with Crippen molar-refractivity contribution in [1.82, 2.24) is 4.90 Å². The lowest BCUT2D eigenvalue weighted by Gasteiger charge is -2.41. The summed E-state index contributed by atoms with van der Waals surface area (Å²) in [6.07, 6.45) is 3.49. The second-order valence-corrected chi connectivity index (χ2v) is 8.12. The molecule has 2 amide bonds. The first-order valence-corrected chi connectivity index (χ1v) is 10.1. The quantitative estimate of drug-likeness (QED) is 0.839. The van der Waals surface area contributed by atoms with Crippen molar-refractivity contribution < 1.29 is 9.59 Å². The zero-order valence-corrected chi connectivity index (χ0v) is 16.1. The highest BCUT2D eigenvalue weighted by molar-refractivity contribution is 7.13. The molecule has 0 saturated carbocycles. The Morgan fingerprint density at radius 2 is 2.12 bits per heavy atom. The van der Waals surface area contributed by atoms with E-state index in [2.05, 4.69) is 29.6 Å². The molecule has 0 radical (unpaired) electrons. The molecular weight excluding hydrogens is 344 g/mol. The van der Waals surface area contributed by atoms with Crippen LogP contribution in [0.4, 0.5) is 0 Å². The summed E-state index contributed by atoms with van der Waals surface area (Å²) < 4.78 is 0. The van der Waals surface area contributed by atoms with Crippen LogP contribution in [0.15, 0.2) is 41.8 Å². The van der Waals surface area contributed by atoms with Crippen LogP contribution in [0.5, 0.6) is 0 Å². The van der Waals surface area contributed by atoms with Gasteiger partial charge in [0.25, 0.3) is 0 Å². The molecule has 0 spiro atoms. The predicted octanol–water partition coefficient (Wildman–Crippen LogP) is 3.85. The molecule has 138 valence electrons. The van der Waals surface area contributed by atoms with E-state index < -0.39 is 5.41 Å². The van der Waals surface area contributed by atoms with Crippen molar-refractivity contribution in [2.75, 3.05) is 13.1 Å². The molecule has 26 heavy (non-hydrogen) atoms. The zero-order valence-electron chi connectivity index (χ0n) is 15.2. The van der Waals surface area contributed by atoms with Crippen LogP contribution in [0.3, 0.4) is 0 Å². The minimum atomic E-state index is -0.671. The molecular formula is C21H26N2O2S. The van der Waals surface area contributed by atoms with Crippen LogP contribution >= 0.6 is 11.3 Å². The smallest absolute Gasteiger partial charge is 0.225 e. The Labute approximate surface area is 159 Å². The van der Waals surface area contributed by atoms with E-state index >= 15 is 0 Å². The maximum absolute atomic E-state index is 12.4. The van der Waals surface area contributed by atoms with Crippen molar-refractivity contribution in [2.24, 2.45) is 11.1 Å². The molecule has 2 aromatic rings. The van der Waals surface area contributed by atoms with Gasteiger partial charge < -0.3 is 10.6 Å². The molecule has 2 heterocycles. The molecule has 3 rings (SSSR count). The maximum Gasteiger partial charge on any atom is 0.225 e. The van der Waals surface area contributed by atoms with Gasteiger partial charge in [-0.1, -0.05) is 37.3 Å². The largest absolute Gasteiger partial charge is 0.369 e. The summed E-state index contributed by atoms with van der Waals surface area (Å²) in [5.41, 5.74) is 7.43. The molecule has 1 saturated heterocycles. The second-order valence-electron chi connectivity index (χ2n) is 7.17. The number of nitrogens with zero attached hydrogens (tertiary/aromatic N) is 1. The number of carbonyl (C=O) groups is 2. The lowest BCUT2D eigenvalue weighted by molar-refractivity contribution is -0.140. The number of nitrogens with two attached hydrogens (primary N) is 1. The van der Waals surface area contributed by atoms with Crippen LogP contribution in [0, 0.1) is 5.41 Å². The third-order valence-electron chi connectivity index (χ3n) is 5.19. The molecule has 1 aliphatic rings. The van der Waals surface area contributed by atoms with Crippen molar-refractivity contribution in [2.45, 2.75) is 39.0 Å². The summed E-state index contributed by atoms with van der Waals surface area (Å²) >= 11 is 1.70. The van der Waals surface area contributed by atoms with Gasteiger partial charge in [-0.15, -0.1) is 11.3 Å². The molecule has 1 aromatic heterocycles. The first-order chi connectivity index (χ1) is 12.5. The van der Waals surface area contributed by atoms with Gasteiger partial charge in [-0.2, -0.15) is 0 Å². The lowest BCUT2D eigenvalue weighted by atomic mass is 9.74. The minimum absolute atomic E-state index is 0.130. The maximum atomic E-state index is 12.4. The molecule has 1 atom stereocenters. The monoisotopic (exact) mass is 370 g/mol. The van der Waals surface area contributed by atoms with Gasteiger partial charge in [0.1, 0.15) is 0 Å². The first kappa shape index (κ1) is 18.6. The highest BCUT2D eigenvalue weighted by Crippen LogP contribution is 2.35. The summed E-state index contributed by atoms with van der Waals surface area (Å²) in [4.78, 5) is 27.8. The van der Waals surface area contributed by atoms with Gasteiger partial charge in [0.15, 0.2) is 0 Å². The van der Waals surface area contributed by atoms with Gasteiger partial charge in [-0.3, -0.25) is 9.59 Å². The fourth-order valence-corrected chi connectivity index (χ4v) is 4.54. The predicted molar refractivity (Wildman–Crippen MR) is 106 cm³/mol. The average Bonchev–Trinajstić information content (AvgIpc) is 3.17. The molecule has 4 nitrogen and oxygen atoms in total. The highest BCUT2D eigenvalue weighted by Gasteiger charge is 2.42. The van der Waals surface area contributed by atoms with Gasteiger partial charge in [0, 0.05) is 24.4 Å². The van der Waals surface area contributed by atoms with Crippen LogP contribution in [-0.2, 0) is 16.0 Å². The number of likely N-dealkylation sites (tertiary alicyclic amines) is 1. The summed E-state index contributed by atoms with van der Waals surface area (Å²) in [5.74, 6) is -0.168. The van der Waals surface area contributed by atoms with Crippen LogP contribution < -0.4 is 5.73 Å². The Morgan fingerprint density at radius 1 is 1.27 bits per heavy atom. The molecule has 1 aromatic carbocycles. The SMILES string of the molecule is CCCC(=O)N1CCC[C@@](Cc2cccc(-c3cccs3)c2)(C(N)=O)C1. The fourth-order valence-electron chi connectivity index (χ4n) is 3.82. The van der Waals surface area contributed by atoms with Gasteiger partial charge in [0.05, 0.1) is 5.41 Å². The van der Waals surface area contributed by atoms with E-state index in [-0.39, 0.29) is 11.8 Å². The number of benzene rings is 1. The minimum Gasteiger partial charge on any atom is -0.369 e. The van der Waals surface area contributed by atoms with E-state index in [1.807, 2.05) is 24.0 Å². The average molecular weight is 371 g/mol. The normalized spacial score (nSPS) is 20.1. The summed E-state index contributed by atoms with van der Waals surface area (Å²) in [7, 11) is 0. The van der Waals surface area contributed by atoms with Crippen molar-refractivity contribution in [3.8, 4) is 10.4 Å². The number of hydrogen-bond acceptors (Lipinski definition) is 3. The number of hydrogen-bond donors (Lipinski definition) is 1. The number of rotatable bonds is 6. The van der Waals surface area contributed by atoms with E-state index in [1.165, 1.54) is 4.88 Å². The molecule has 2 N–H and O–H groups in total. The van der Waals surface area contributed by atoms with Crippen molar-refractivity contribution in [3.05, 3.63) is 47.3 Å². The Balaban J connectivity index is 1.83. The number of carbonyl (C=O) groups excluding carboxylic acids is 2. The molecule has 0 bridgehead atoms. The van der Waals surface area contributed by atoms with Crippen molar-refractivity contribution in [3.63, 3.8) is 0 Å². The van der Waals surface area contributed by atoms with Crippen LogP contribution in [0.1, 0.15) is 38.2 Å². The number of amides is 2. The summed E-state index contributed by atoms with van der Waals surface area (Å²) in [5, 5.41) is 2.06. The van der Waals surface area contributed by atoms with E-state index in [0.717, 1.165) is 36.9 Å². The Morgan fingerprint density at radius 3 is 2.81 bits per heavy atom. The summed E-state index contributed by atoms with van der Waals surface area (Å²) in [6, 6.07) is 12.4. The molecule has 5 heteroatoms. The van der Waals surface area contributed by atoms with E-state index in [9.17, 15) is 9.59 Å². The van der Waals surface area contributed by atoms with Gasteiger partial charge >= 0.3 is 0 Å². The van der Waals surface area contributed by atoms with E-state index in [0.29, 0.717) is 19.4 Å². The van der Waals surface area contributed by atoms with Crippen molar-refractivity contribution in [1.29, 1.82) is 0 Å². The van der Waals surface area contributed by atoms with Crippen LogP contribution in [0.2, 0.25) is 0 Å². The molecule has 0 unspecified atom stereocenters. The molecule has 1 fully saturated rings. The Bertz CT molecular complexity index is 772. The zero-order chi connectivity index (χ0) is 18.6. The third-order valence-corrected chi connectivity index (χ3v) is 6.11. The van der Waals surface area contributed by atoms with Crippen LogP contribution in [0.25, 0.3) is 10.4 Å². The summed E-state index contributed by atoms with van der Waals surface area (Å²) in [6.45, 7) is 3.16. The van der Waals surface area contributed by atoms with E-state index in [1.54, 1.807) is 11.3 Å². The van der Waals surface area contributed by atoms with Crippen LogP contribution in [-0.4, -0.2) is 29.8 Å². The number of piperidine rings is 1. The van der Waals surface area contributed by atoms with E-state index in [4.69, 9.17) is 5.73 Å². The number of thiophene rings is 1. The molecule has 0 aliphatic carbocycles. The Hall–Kier alpha value is -2.14. The third kappa shape index (κ3) is 3.98. The second kappa shape index (κ2) is 8.04. The number of primary amides is 1. The standard InChI is InChI=1S/C21H26N2O2S/c1-2-6-19(24)23-11-5-10-21(15-23,20(22)25)14-16-7-3-8-17(13-16)18-9-4-12-26-18/h3-4,7-9,12-13H,2,5-6,10-11,14-15H2,1H3,(H2,22,25)/t21-/m0/s1. The molecule has 1 aliphatic heterocycles.